The largest absolute Gasteiger partial charge is 0.355 e. The zero-order chi connectivity index (χ0) is 18.2. The fourth-order valence-corrected chi connectivity index (χ4v) is 3.72. The summed E-state index contributed by atoms with van der Waals surface area (Å²) in [7, 11) is 0. The second-order valence-corrected chi connectivity index (χ2v) is 7.38. The van der Waals surface area contributed by atoms with Gasteiger partial charge >= 0.3 is 0 Å². The maximum atomic E-state index is 12.0. The van der Waals surface area contributed by atoms with Crippen molar-refractivity contribution in [2.45, 2.75) is 12.2 Å². The molecule has 1 aromatic carbocycles. The quantitative estimate of drug-likeness (QED) is 0.561. The number of carbonyl (C=O) groups is 1. The summed E-state index contributed by atoms with van der Waals surface area (Å²) in [6.07, 6.45) is 0.476. The van der Waals surface area contributed by atoms with E-state index in [2.05, 4.69) is 25.5 Å². The first-order valence-electron chi connectivity index (χ1n) is 8.98. The van der Waals surface area contributed by atoms with Crippen LogP contribution in [0.25, 0.3) is 10.9 Å². The number of fused-ring (bicyclic) bond motifs is 1. The lowest BCUT2D eigenvalue weighted by atomic mass is 10.2. The molecule has 1 saturated heterocycles. The smallest absolute Gasteiger partial charge is 0.258 e. The van der Waals surface area contributed by atoms with Crippen LogP contribution in [0.15, 0.2) is 29.1 Å². The molecule has 3 rings (SSSR count). The Hall–Kier alpha value is -1.61. The number of hydrogen-bond acceptors (Lipinski definition) is 6. The van der Waals surface area contributed by atoms with Gasteiger partial charge in [0.1, 0.15) is 5.82 Å². The van der Waals surface area contributed by atoms with Crippen LogP contribution in [0.2, 0.25) is 0 Å². The SMILES string of the molecule is Cl.O=C(CCSCc1nc2ccccc2c(=O)[nH]1)NCCN1CCNCC1. The summed E-state index contributed by atoms with van der Waals surface area (Å²) in [5.74, 6) is 2.02. The third kappa shape index (κ3) is 6.80. The number of para-hydroxylation sites is 1. The number of nitrogens with one attached hydrogen (secondary N) is 3. The number of carbonyl (C=O) groups excluding carboxylic acids is 1. The van der Waals surface area contributed by atoms with Gasteiger partial charge in [0.25, 0.3) is 5.56 Å². The molecular formula is C18H26ClN5O2S. The first-order valence-corrected chi connectivity index (χ1v) is 10.1. The van der Waals surface area contributed by atoms with Crippen molar-refractivity contribution in [2.24, 2.45) is 0 Å². The van der Waals surface area contributed by atoms with Crippen LogP contribution in [0.3, 0.4) is 0 Å². The van der Waals surface area contributed by atoms with Gasteiger partial charge in [0.05, 0.1) is 16.7 Å². The summed E-state index contributed by atoms with van der Waals surface area (Å²) in [4.78, 5) is 33.5. The molecule has 148 valence electrons. The number of H-pyrrole nitrogens is 1. The molecule has 0 radical (unpaired) electrons. The van der Waals surface area contributed by atoms with Gasteiger partial charge in [0, 0.05) is 51.4 Å². The summed E-state index contributed by atoms with van der Waals surface area (Å²) < 4.78 is 0. The summed E-state index contributed by atoms with van der Waals surface area (Å²) in [6, 6.07) is 7.30. The molecule has 0 spiro atoms. The van der Waals surface area contributed by atoms with Crippen LogP contribution in [0.4, 0.5) is 0 Å². The number of halogens is 1. The molecule has 3 N–H and O–H groups in total. The van der Waals surface area contributed by atoms with Gasteiger partial charge in [0.15, 0.2) is 0 Å². The Bertz CT molecular complexity index is 795. The standard InChI is InChI=1S/C18H25N5O2S.ClH/c24-17(20-8-11-23-9-6-19-7-10-23)5-12-26-13-16-21-15-4-2-1-3-14(15)18(25)22-16;/h1-4,19H,5-13H2,(H,20,24)(H,21,22,25);1H. The number of nitrogens with zero attached hydrogens (tertiary/aromatic N) is 2. The number of piperazine rings is 1. The first-order chi connectivity index (χ1) is 12.7. The van der Waals surface area contributed by atoms with Gasteiger partial charge in [-0.05, 0) is 12.1 Å². The van der Waals surface area contributed by atoms with Crippen molar-refractivity contribution in [1.29, 1.82) is 0 Å². The fourth-order valence-electron chi connectivity index (χ4n) is 2.91. The molecule has 0 atom stereocenters. The average Bonchev–Trinajstić information content (AvgIpc) is 2.66. The molecule has 0 saturated carbocycles. The van der Waals surface area contributed by atoms with Gasteiger partial charge < -0.3 is 15.6 Å². The van der Waals surface area contributed by atoms with E-state index in [4.69, 9.17) is 0 Å². The van der Waals surface area contributed by atoms with Gasteiger partial charge in [-0.15, -0.1) is 12.4 Å². The van der Waals surface area contributed by atoms with Crippen LogP contribution in [0, 0.1) is 0 Å². The van der Waals surface area contributed by atoms with Crippen LogP contribution >= 0.6 is 24.2 Å². The lowest BCUT2D eigenvalue weighted by Gasteiger charge is -2.27. The Kier molecular flexibility index (Phi) is 9.06. The molecule has 1 amide bonds. The van der Waals surface area contributed by atoms with Gasteiger partial charge in [0.2, 0.25) is 5.91 Å². The molecule has 2 heterocycles. The molecule has 9 heteroatoms. The number of aromatic nitrogens is 2. The topological polar surface area (TPSA) is 90.1 Å². The number of amides is 1. The molecule has 1 aromatic heterocycles. The predicted molar refractivity (Wildman–Crippen MR) is 113 cm³/mol. The van der Waals surface area contributed by atoms with E-state index in [9.17, 15) is 9.59 Å². The fraction of sp³-hybridized carbons (Fsp3) is 0.500. The highest BCUT2D eigenvalue weighted by atomic mass is 35.5. The minimum Gasteiger partial charge on any atom is -0.355 e. The van der Waals surface area contributed by atoms with E-state index in [1.165, 1.54) is 0 Å². The zero-order valence-electron chi connectivity index (χ0n) is 15.2. The summed E-state index contributed by atoms with van der Waals surface area (Å²) in [6.45, 7) is 5.74. The minimum absolute atomic E-state index is 0. The lowest BCUT2D eigenvalue weighted by molar-refractivity contribution is -0.120. The van der Waals surface area contributed by atoms with Crippen molar-refractivity contribution >= 4 is 41.0 Å². The van der Waals surface area contributed by atoms with Gasteiger partial charge in [-0.1, -0.05) is 12.1 Å². The van der Waals surface area contributed by atoms with Gasteiger partial charge in [-0.2, -0.15) is 11.8 Å². The second kappa shape index (κ2) is 11.3. The second-order valence-electron chi connectivity index (χ2n) is 6.27. The van der Waals surface area contributed by atoms with Crippen molar-refractivity contribution in [1.82, 2.24) is 25.5 Å². The number of rotatable bonds is 8. The Labute approximate surface area is 169 Å². The van der Waals surface area contributed by atoms with Crippen molar-refractivity contribution in [2.75, 3.05) is 45.0 Å². The number of benzene rings is 1. The van der Waals surface area contributed by atoms with Crippen molar-refractivity contribution in [3.8, 4) is 0 Å². The Morgan fingerprint density at radius 1 is 1.26 bits per heavy atom. The minimum atomic E-state index is -0.114. The molecule has 0 aliphatic carbocycles. The number of hydrogen-bond donors (Lipinski definition) is 3. The zero-order valence-corrected chi connectivity index (χ0v) is 16.8. The number of aromatic amines is 1. The van der Waals surface area contributed by atoms with E-state index >= 15 is 0 Å². The van der Waals surface area contributed by atoms with Gasteiger partial charge in [-0.3, -0.25) is 14.5 Å². The maximum Gasteiger partial charge on any atom is 0.258 e. The van der Waals surface area contributed by atoms with E-state index in [1.807, 2.05) is 18.2 Å². The predicted octanol–water partition coefficient (Wildman–Crippen LogP) is 0.990. The average molecular weight is 412 g/mol. The molecule has 2 aromatic rings. The normalized spacial score (nSPS) is 14.7. The van der Waals surface area contributed by atoms with Crippen molar-refractivity contribution in [3.05, 3.63) is 40.4 Å². The van der Waals surface area contributed by atoms with E-state index < -0.39 is 0 Å². The van der Waals surface area contributed by atoms with Crippen molar-refractivity contribution < 1.29 is 4.79 Å². The highest BCUT2D eigenvalue weighted by molar-refractivity contribution is 7.98. The highest BCUT2D eigenvalue weighted by Crippen LogP contribution is 2.11. The third-order valence-corrected chi connectivity index (χ3v) is 5.30. The van der Waals surface area contributed by atoms with Gasteiger partial charge in [-0.25, -0.2) is 4.98 Å². The summed E-state index contributed by atoms with van der Waals surface area (Å²) >= 11 is 1.60. The Morgan fingerprint density at radius 3 is 2.85 bits per heavy atom. The van der Waals surface area contributed by atoms with Crippen LogP contribution in [0.1, 0.15) is 12.2 Å². The first kappa shape index (κ1) is 21.7. The van der Waals surface area contributed by atoms with Crippen LogP contribution in [0.5, 0.6) is 0 Å². The highest BCUT2D eigenvalue weighted by Gasteiger charge is 2.09. The van der Waals surface area contributed by atoms with E-state index in [-0.39, 0.29) is 23.9 Å². The summed E-state index contributed by atoms with van der Waals surface area (Å²) in [5.41, 5.74) is 0.592. The van der Waals surface area contributed by atoms with E-state index in [1.54, 1.807) is 17.8 Å². The van der Waals surface area contributed by atoms with E-state index in [0.717, 1.165) is 32.7 Å². The molecule has 27 heavy (non-hydrogen) atoms. The Morgan fingerprint density at radius 2 is 2.04 bits per heavy atom. The number of thioether (sulfide) groups is 1. The molecule has 0 bridgehead atoms. The Balaban J connectivity index is 0.00000261. The van der Waals surface area contributed by atoms with Crippen molar-refractivity contribution in [3.63, 3.8) is 0 Å². The molecule has 1 fully saturated rings. The summed E-state index contributed by atoms with van der Waals surface area (Å²) in [5, 5.41) is 6.89. The maximum absolute atomic E-state index is 12.0. The molecule has 1 aliphatic heterocycles. The van der Waals surface area contributed by atoms with Crippen LogP contribution in [-0.2, 0) is 10.5 Å². The molecule has 0 unspecified atom stereocenters. The third-order valence-electron chi connectivity index (χ3n) is 4.33. The lowest BCUT2D eigenvalue weighted by Crippen LogP contribution is -2.46. The van der Waals surface area contributed by atoms with Crippen LogP contribution in [-0.4, -0.2) is 65.8 Å². The van der Waals surface area contributed by atoms with E-state index in [0.29, 0.717) is 41.2 Å². The molecule has 7 nitrogen and oxygen atoms in total. The van der Waals surface area contributed by atoms with Crippen LogP contribution < -0.4 is 16.2 Å². The molecule has 1 aliphatic rings. The molecular weight excluding hydrogens is 386 g/mol. The monoisotopic (exact) mass is 411 g/mol.